The summed E-state index contributed by atoms with van der Waals surface area (Å²) in [4.78, 5) is 23.9. The van der Waals surface area contributed by atoms with Crippen molar-refractivity contribution in [2.45, 2.75) is 13.8 Å². The van der Waals surface area contributed by atoms with Gasteiger partial charge in [0.1, 0.15) is 6.07 Å². The Labute approximate surface area is 173 Å². The maximum absolute atomic E-state index is 12.9. The van der Waals surface area contributed by atoms with Crippen molar-refractivity contribution in [1.82, 2.24) is 0 Å². The Morgan fingerprint density at radius 3 is 2.57 bits per heavy atom. The van der Waals surface area contributed by atoms with E-state index in [0.717, 1.165) is 0 Å². The molecule has 0 spiro atoms. The van der Waals surface area contributed by atoms with Gasteiger partial charge in [-0.05, 0) is 61.9 Å². The fraction of sp³-hybridized carbons (Fsp3) is 0.182. The van der Waals surface area contributed by atoms with E-state index in [2.05, 4.69) is 5.10 Å². The van der Waals surface area contributed by atoms with Crippen molar-refractivity contribution < 1.29 is 24.2 Å². The van der Waals surface area contributed by atoms with E-state index in [-0.39, 0.29) is 18.1 Å². The second kappa shape index (κ2) is 8.92. The Morgan fingerprint density at radius 1 is 1.20 bits per heavy atom. The van der Waals surface area contributed by atoms with E-state index in [1.807, 2.05) is 13.0 Å². The van der Waals surface area contributed by atoms with Crippen LogP contribution in [0.3, 0.4) is 0 Å². The van der Waals surface area contributed by atoms with Crippen LogP contribution in [-0.2, 0) is 4.79 Å². The van der Waals surface area contributed by atoms with Gasteiger partial charge in [-0.1, -0.05) is 6.07 Å². The molecule has 1 aliphatic heterocycles. The average Bonchev–Trinajstić information content (AvgIpc) is 3.02. The fourth-order valence-corrected chi connectivity index (χ4v) is 2.88. The summed E-state index contributed by atoms with van der Waals surface area (Å²) in [6.45, 7) is 3.89. The molecule has 30 heavy (non-hydrogen) atoms. The molecule has 1 amide bonds. The molecule has 2 aromatic rings. The first-order valence-electron chi connectivity index (χ1n) is 9.16. The van der Waals surface area contributed by atoms with Crippen molar-refractivity contribution in [1.29, 1.82) is 5.26 Å². The van der Waals surface area contributed by atoms with Crippen LogP contribution in [-0.4, -0.2) is 35.9 Å². The van der Waals surface area contributed by atoms with Gasteiger partial charge in [-0.3, -0.25) is 4.79 Å². The number of carbonyl (C=O) groups excluding carboxylic acids is 1. The monoisotopic (exact) mass is 405 g/mol. The number of rotatable bonds is 7. The number of carboxylic acid groups (broad SMARTS) is 1. The summed E-state index contributed by atoms with van der Waals surface area (Å²) in [5.74, 6) is -0.438. The third-order valence-electron chi connectivity index (χ3n) is 4.29. The second-order valence-electron chi connectivity index (χ2n) is 6.30. The maximum Gasteiger partial charge on any atom is 0.335 e. The fourth-order valence-electron chi connectivity index (χ4n) is 2.88. The molecule has 0 aliphatic carbocycles. The number of nitrogens with zero attached hydrogens (tertiary/aromatic N) is 3. The third-order valence-corrected chi connectivity index (χ3v) is 4.29. The highest BCUT2D eigenvalue weighted by molar-refractivity contribution is 6.32. The van der Waals surface area contributed by atoms with E-state index in [9.17, 15) is 9.59 Å². The molecule has 8 nitrogen and oxygen atoms in total. The third kappa shape index (κ3) is 4.31. The molecule has 1 heterocycles. The van der Waals surface area contributed by atoms with Crippen LogP contribution in [0.15, 0.2) is 53.1 Å². The van der Waals surface area contributed by atoms with Crippen molar-refractivity contribution in [3.05, 3.63) is 59.2 Å². The number of ether oxygens (including phenoxy) is 2. The summed E-state index contributed by atoms with van der Waals surface area (Å²) < 4.78 is 10.9. The standard InChI is InChI=1S/C22H19N3O5/c1-3-29-20-13-15(4-9-19(20)30-11-10-23)12-18-14(2)24-25(21(18)26)17-7-5-16(6-8-17)22(27)28/h4-9,12-13H,3,11H2,1-2H3,(H,27,28). The van der Waals surface area contributed by atoms with E-state index in [0.29, 0.717) is 40.6 Å². The topological polar surface area (TPSA) is 112 Å². The lowest BCUT2D eigenvalue weighted by atomic mass is 10.1. The molecule has 3 rings (SSSR count). The van der Waals surface area contributed by atoms with Crippen LogP contribution in [0, 0.1) is 11.3 Å². The first-order valence-corrected chi connectivity index (χ1v) is 9.16. The van der Waals surface area contributed by atoms with Gasteiger partial charge in [-0.25, -0.2) is 4.79 Å². The Balaban J connectivity index is 1.88. The van der Waals surface area contributed by atoms with Crippen molar-refractivity contribution in [3.63, 3.8) is 0 Å². The van der Waals surface area contributed by atoms with Gasteiger partial charge >= 0.3 is 5.97 Å². The Hall–Kier alpha value is -4.12. The lowest BCUT2D eigenvalue weighted by Crippen LogP contribution is -2.21. The first-order chi connectivity index (χ1) is 14.4. The van der Waals surface area contributed by atoms with Gasteiger partial charge in [-0.15, -0.1) is 0 Å². The zero-order valence-corrected chi connectivity index (χ0v) is 16.5. The van der Waals surface area contributed by atoms with Crippen LogP contribution < -0.4 is 14.5 Å². The lowest BCUT2D eigenvalue weighted by Gasteiger charge is -2.12. The van der Waals surface area contributed by atoms with E-state index in [1.54, 1.807) is 31.2 Å². The van der Waals surface area contributed by atoms with Gasteiger partial charge in [0.05, 0.1) is 29.1 Å². The molecule has 8 heteroatoms. The predicted molar refractivity (Wildman–Crippen MR) is 111 cm³/mol. The number of nitriles is 1. The zero-order valence-electron chi connectivity index (χ0n) is 16.5. The molecule has 152 valence electrons. The van der Waals surface area contributed by atoms with Gasteiger partial charge in [-0.2, -0.15) is 15.4 Å². The van der Waals surface area contributed by atoms with E-state index >= 15 is 0 Å². The minimum atomic E-state index is -1.04. The number of hydrazone groups is 1. The number of amides is 1. The van der Waals surface area contributed by atoms with Crippen LogP contribution in [0.2, 0.25) is 0 Å². The summed E-state index contributed by atoms with van der Waals surface area (Å²) in [5.41, 5.74) is 2.26. The molecule has 0 fully saturated rings. The molecule has 0 saturated heterocycles. The van der Waals surface area contributed by atoms with Gasteiger partial charge in [0, 0.05) is 0 Å². The van der Waals surface area contributed by atoms with E-state index in [1.165, 1.54) is 29.3 Å². The van der Waals surface area contributed by atoms with Gasteiger partial charge in [0.25, 0.3) is 5.91 Å². The number of carboxylic acids is 1. The molecule has 0 bridgehead atoms. The molecule has 0 radical (unpaired) electrons. The molecule has 0 atom stereocenters. The lowest BCUT2D eigenvalue weighted by molar-refractivity contribution is -0.114. The van der Waals surface area contributed by atoms with Crippen molar-refractivity contribution in [2.75, 3.05) is 18.2 Å². The predicted octanol–water partition coefficient (Wildman–Crippen LogP) is 3.49. The van der Waals surface area contributed by atoms with Crippen LogP contribution >= 0.6 is 0 Å². The summed E-state index contributed by atoms with van der Waals surface area (Å²) in [7, 11) is 0. The van der Waals surface area contributed by atoms with Gasteiger partial charge in [0.2, 0.25) is 0 Å². The Bertz CT molecular complexity index is 1080. The number of benzene rings is 2. The summed E-state index contributed by atoms with van der Waals surface area (Å²) in [5, 5.41) is 23.3. The van der Waals surface area contributed by atoms with Crippen LogP contribution in [0.5, 0.6) is 11.5 Å². The van der Waals surface area contributed by atoms with Crippen molar-refractivity contribution in [2.24, 2.45) is 5.10 Å². The molecule has 0 saturated carbocycles. The SMILES string of the molecule is CCOc1cc(C=C2C(=O)N(c3ccc(C(=O)O)cc3)N=C2C)ccc1OCC#N. The van der Waals surface area contributed by atoms with Crippen molar-refractivity contribution >= 4 is 29.4 Å². The number of hydrogen-bond acceptors (Lipinski definition) is 6. The highest BCUT2D eigenvalue weighted by Crippen LogP contribution is 2.31. The first kappa shape index (κ1) is 20.6. The van der Waals surface area contributed by atoms with Gasteiger partial charge < -0.3 is 14.6 Å². The minimum Gasteiger partial charge on any atom is -0.490 e. The number of carbonyl (C=O) groups is 2. The van der Waals surface area contributed by atoms with Crippen LogP contribution in [0.25, 0.3) is 6.08 Å². The number of anilines is 1. The molecular formula is C22H19N3O5. The highest BCUT2D eigenvalue weighted by atomic mass is 16.5. The van der Waals surface area contributed by atoms with Crippen molar-refractivity contribution in [3.8, 4) is 17.6 Å². The maximum atomic E-state index is 12.9. The molecular weight excluding hydrogens is 386 g/mol. The Morgan fingerprint density at radius 2 is 1.93 bits per heavy atom. The second-order valence-corrected chi connectivity index (χ2v) is 6.30. The number of aromatic carboxylic acids is 1. The summed E-state index contributed by atoms with van der Waals surface area (Å²) in [6.07, 6.45) is 1.70. The van der Waals surface area contributed by atoms with E-state index < -0.39 is 5.97 Å². The Kier molecular flexibility index (Phi) is 6.13. The van der Waals surface area contributed by atoms with E-state index in [4.69, 9.17) is 19.8 Å². The molecule has 1 aliphatic rings. The van der Waals surface area contributed by atoms with Gasteiger partial charge in [0.15, 0.2) is 18.1 Å². The quantitative estimate of drug-likeness (QED) is 0.706. The minimum absolute atomic E-state index is 0.0968. The molecule has 1 N–H and O–H groups in total. The normalized spacial score (nSPS) is 14.4. The van der Waals surface area contributed by atoms with Crippen LogP contribution in [0.4, 0.5) is 5.69 Å². The average molecular weight is 405 g/mol. The molecule has 0 aromatic heterocycles. The summed E-state index contributed by atoms with van der Waals surface area (Å²) >= 11 is 0. The molecule has 2 aromatic carbocycles. The van der Waals surface area contributed by atoms with Crippen LogP contribution in [0.1, 0.15) is 29.8 Å². The molecule has 0 unspecified atom stereocenters. The zero-order chi connectivity index (χ0) is 21.7. The summed E-state index contributed by atoms with van der Waals surface area (Å²) in [6, 6.07) is 13.0. The smallest absolute Gasteiger partial charge is 0.335 e. The largest absolute Gasteiger partial charge is 0.490 e. The highest BCUT2D eigenvalue weighted by Gasteiger charge is 2.28. The number of hydrogen-bond donors (Lipinski definition) is 1.